The monoisotopic (exact) mass is 587 g/mol. The molecular weight excluding hydrogens is 545 g/mol. The Morgan fingerprint density at radius 1 is 0.658 bits per heavy atom. The van der Waals surface area contributed by atoms with Gasteiger partial charge in [-0.2, -0.15) is 10.0 Å². The summed E-state index contributed by atoms with van der Waals surface area (Å²) >= 11 is 2.14. The molecule has 3 nitrogen and oxygen atoms in total. The molecule has 0 atom stereocenters. The molecule has 2 aromatic carbocycles. The van der Waals surface area contributed by atoms with Crippen LogP contribution < -0.4 is 29.5 Å². The minimum absolute atomic E-state index is 0. The second kappa shape index (κ2) is 13.2. The van der Waals surface area contributed by atoms with Crippen molar-refractivity contribution < 1.29 is 45.2 Å². The van der Waals surface area contributed by atoms with E-state index in [9.17, 15) is 0 Å². The van der Waals surface area contributed by atoms with E-state index < -0.39 is 0 Å². The molecule has 4 aliphatic rings. The average Bonchev–Trinajstić information content (AvgIpc) is 3.58. The molecule has 1 saturated heterocycles. The summed E-state index contributed by atoms with van der Waals surface area (Å²) in [5.74, 6) is 1.85. The molecule has 3 heterocycles. The second-order valence-electron chi connectivity index (χ2n) is 11.4. The third-order valence-electron chi connectivity index (χ3n) is 7.52. The normalized spacial score (nSPS) is 16.3. The zero-order valence-corrected chi connectivity index (χ0v) is 27.2. The Morgan fingerprint density at radius 2 is 1.03 bits per heavy atom. The number of rotatable bonds is 6. The van der Waals surface area contributed by atoms with Gasteiger partial charge in [0.15, 0.2) is 18.0 Å². The van der Waals surface area contributed by atoms with Gasteiger partial charge in [0, 0.05) is 22.3 Å². The standard InChI is InChI=1S/C27H38N3.C5H5.2ClH.Ti/c1-18(2)22-11-9-12-23(19(3)4)26(22)30(28-15-16-29(30)17-28)27-24(20(5)6)13-10-14-25(27)21(7)8;1-2-4-5-3-1;;;/h9-16,18-21H,17H2,1-8H3;1-3H,4H2;2*1H;/q+1;;;;/p-2. The van der Waals surface area contributed by atoms with Crippen molar-refractivity contribution in [1.29, 1.82) is 0 Å². The van der Waals surface area contributed by atoms with Crippen molar-refractivity contribution in [3.05, 3.63) is 93.2 Å². The van der Waals surface area contributed by atoms with Crippen molar-refractivity contribution in [2.45, 2.75) is 85.5 Å². The van der Waals surface area contributed by atoms with Gasteiger partial charge in [0.1, 0.15) is 0 Å². The van der Waals surface area contributed by atoms with Crippen LogP contribution in [0.4, 0.5) is 11.4 Å². The maximum atomic E-state index is 2.51. The van der Waals surface area contributed by atoms with Gasteiger partial charge in [-0.05, 0) is 23.7 Å². The van der Waals surface area contributed by atoms with E-state index in [4.69, 9.17) is 0 Å². The molecule has 205 valence electrons. The summed E-state index contributed by atoms with van der Waals surface area (Å²) in [5.41, 5.74) is 8.71. The number of allylic oxidation sites excluding steroid dienone is 4. The molecule has 0 saturated carbocycles. The zero-order valence-electron chi connectivity index (χ0n) is 24.2. The number of quaternary nitrogens is 1. The first-order valence-electron chi connectivity index (χ1n) is 13.6. The molecule has 0 radical (unpaired) electrons. The second-order valence-corrected chi connectivity index (χ2v) is 12.4. The molecular formula is C32H43Cl2N3Ti-. The first kappa shape index (κ1) is 32.7. The van der Waals surface area contributed by atoms with E-state index in [1.54, 1.807) is 0 Å². The van der Waals surface area contributed by atoms with Crippen LogP contribution in [0.5, 0.6) is 0 Å². The predicted octanol–water partition coefficient (Wildman–Crippen LogP) is 3.09. The van der Waals surface area contributed by atoms with Crippen LogP contribution in [-0.2, 0) is 20.4 Å². The third-order valence-corrected chi connectivity index (χ3v) is 8.10. The van der Waals surface area contributed by atoms with Crippen LogP contribution in [0.15, 0.2) is 70.9 Å². The summed E-state index contributed by atoms with van der Waals surface area (Å²) in [7, 11) is 0. The van der Waals surface area contributed by atoms with Gasteiger partial charge in [-0.1, -0.05) is 96.5 Å². The Balaban J connectivity index is 0.000000561. The van der Waals surface area contributed by atoms with E-state index in [0.29, 0.717) is 28.4 Å². The first-order valence-corrected chi connectivity index (χ1v) is 14.3. The molecule has 38 heavy (non-hydrogen) atoms. The van der Waals surface area contributed by atoms with Gasteiger partial charge < -0.3 is 24.8 Å². The number of hydrogen-bond acceptors (Lipinski definition) is 2. The molecule has 6 heteroatoms. The summed E-state index contributed by atoms with van der Waals surface area (Å²) in [6.45, 7) is 19.6. The van der Waals surface area contributed by atoms with E-state index in [-0.39, 0.29) is 24.8 Å². The SMILES string of the molecule is CC(C)c1cccc(C(C)C)c1[N+]1(c2c(C(C)C)cccc2C(C)C)N2C=CN1C2.[Cl-].[Cl-].[Ti][C]1=CC=CC1. The topological polar surface area (TPSA) is 6.48 Å². The molecule has 0 aromatic heterocycles. The van der Waals surface area contributed by atoms with Gasteiger partial charge in [0.25, 0.3) is 0 Å². The number of para-hydroxylation sites is 2. The fraction of sp³-hybridized carbons (Fsp3) is 0.438. The molecule has 3 aliphatic heterocycles. The number of nitrogens with zero attached hydrogens (tertiary/aromatic N) is 3. The number of benzene rings is 2. The molecule has 6 rings (SSSR count). The van der Waals surface area contributed by atoms with Gasteiger partial charge in [-0.15, -0.1) is 0 Å². The molecule has 0 amide bonds. The van der Waals surface area contributed by atoms with Crippen LogP contribution >= 0.6 is 0 Å². The van der Waals surface area contributed by atoms with E-state index in [0.717, 1.165) is 6.67 Å². The molecule has 2 aromatic rings. The van der Waals surface area contributed by atoms with Crippen molar-refractivity contribution in [3.63, 3.8) is 0 Å². The zero-order chi connectivity index (χ0) is 26.2. The van der Waals surface area contributed by atoms with Crippen LogP contribution in [0, 0.1) is 0 Å². The Labute approximate surface area is 255 Å². The van der Waals surface area contributed by atoms with Crippen molar-refractivity contribution in [1.82, 2.24) is 14.7 Å². The van der Waals surface area contributed by atoms with E-state index >= 15 is 0 Å². The summed E-state index contributed by atoms with van der Waals surface area (Å²) in [6, 6.07) is 13.9. The predicted molar refractivity (Wildman–Crippen MR) is 150 cm³/mol. The van der Waals surface area contributed by atoms with E-state index in [1.165, 1.54) is 43.9 Å². The molecule has 2 bridgehead atoms. The fourth-order valence-corrected chi connectivity index (χ4v) is 6.00. The molecule has 1 aliphatic carbocycles. The van der Waals surface area contributed by atoms with Gasteiger partial charge in [-0.25, -0.2) is 0 Å². The van der Waals surface area contributed by atoms with E-state index in [1.807, 2.05) is 0 Å². The molecule has 0 unspecified atom stereocenters. The van der Waals surface area contributed by atoms with Gasteiger partial charge in [0.2, 0.25) is 0 Å². The summed E-state index contributed by atoms with van der Waals surface area (Å²) in [4.78, 5) is 0. The minimum atomic E-state index is 0. The fourth-order valence-electron chi connectivity index (χ4n) is 5.67. The Morgan fingerprint density at radius 3 is 1.24 bits per heavy atom. The number of hydrogen-bond donors (Lipinski definition) is 0. The van der Waals surface area contributed by atoms with Crippen molar-refractivity contribution >= 4 is 11.4 Å². The van der Waals surface area contributed by atoms with Crippen LogP contribution in [0.1, 0.15) is 108 Å². The van der Waals surface area contributed by atoms with Crippen LogP contribution in [0.2, 0.25) is 0 Å². The van der Waals surface area contributed by atoms with Crippen molar-refractivity contribution in [3.8, 4) is 0 Å². The summed E-state index contributed by atoms with van der Waals surface area (Å²) in [6.07, 6.45) is 12.1. The third kappa shape index (κ3) is 5.69. The van der Waals surface area contributed by atoms with Crippen LogP contribution in [0.3, 0.4) is 0 Å². The number of halogens is 2. The van der Waals surface area contributed by atoms with Crippen molar-refractivity contribution in [2.24, 2.45) is 0 Å². The Kier molecular flexibility index (Phi) is 11.4. The quantitative estimate of drug-likeness (QED) is 0.379. The van der Waals surface area contributed by atoms with E-state index in [2.05, 4.69) is 153 Å². The van der Waals surface area contributed by atoms with Gasteiger partial charge in [-0.3, -0.25) is 0 Å². The van der Waals surface area contributed by atoms with Crippen LogP contribution in [0.25, 0.3) is 0 Å². The maximum absolute atomic E-state index is 2.51. The average molecular weight is 588 g/mol. The molecule has 0 N–H and O–H groups in total. The van der Waals surface area contributed by atoms with Gasteiger partial charge >= 0.3 is 49.0 Å². The van der Waals surface area contributed by atoms with Gasteiger partial charge in [0.05, 0.1) is 12.4 Å². The first-order chi connectivity index (χ1) is 17.1. The molecule has 1 fully saturated rings. The Hall–Kier alpha value is -1.49. The summed E-state index contributed by atoms with van der Waals surface area (Å²) < 4.78 is 2.17. The Bertz CT molecular complexity index is 1070. The molecule has 0 spiro atoms. The summed E-state index contributed by atoms with van der Waals surface area (Å²) in [5, 5.41) is 5.03. The van der Waals surface area contributed by atoms with Crippen molar-refractivity contribution in [2.75, 3.05) is 6.67 Å². The van der Waals surface area contributed by atoms with Crippen LogP contribution in [-0.4, -0.2) is 16.7 Å².